The number of halogens is 1. The number of hydrogen-bond acceptors (Lipinski definition) is 3. The third kappa shape index (κ3) is 5.72. The molecule has 2 amide bonds. The summed E-state index contributed by atoms with van der Waals surface area (Å²) in [6.45, 7) is 4.19. The highest BCUT2D eigenvalue weighted by molar-refractivity contribution is 5.97. The lowest BCUT2D eigenvalue weighted by Crippen LogP contribution is -2.38. The van der Waals surface area contributed by atoms with Crippen molar-refractivity contribution in [3.8, 4) is 0 Å². The summed E-state index contributed by atoms with van der Waals surface area (Å²) in [5.74, 6) is -0.564. The molecular formula is C13H20ClN3O2. The molecule has 106 valence electrons. The first-order valence-corrected chi connectivity index (χ1v) is 5.85. The van der Waals surface area contributed by atoms with Gasteiger partial charge in [-0.2, -0.15) is 0 Å². The van der Waals surface area contributed by atoms with E-state index in [-0.39, 0.29) is 18.8 Å². The highest BCUT2D eigenvalue weighted by Crippen LogP contribution is 2.17. The minimum Gasteiger partial charge on any atom is -0.370 e. The van der Waals surface area contributed by atoms with Crippen LogP contribution in [0.4, 0.5) is 5.69 Å². The molecule has 1 aromatic carbocycles. The fraction of sp³-hybridized carbons (Fsp3) is 0.385. The molecule has 0 aliphatic rings. The number of carbonyl (C=O) groups is 2. The van der Waals surface area contributed by atoms with Gasteiger partial charge in [-0.15, -0.1) is 12.4 Å². The molecule has 1 rings (SSSR count). The lowest BCUT2D eigenvalue weighted by Gasteiger charge is -2.11. The van der Waals surface area contributed by atoms with E-state index in [4.69, 9.17) is 11.5 Å². The number of amides is 2. The Bertz CT molecular complexity index is 432. The van der Waals surface area contributed by atoms with E-state index in [9.17, 15) is 9.59 Å². The summed E-state index contributed by atoms with van der Waals surface area (Å²) < 4.78 is 0. The molecule has 0 spiro atoms. The van der Waals surface area contributed by atoms with E-state index < -0.39 is 17.9 Å². The van der Waals surface area contributed by atoms with Crippen LogP contribution >= 0.6 is 12.4 Å². The molecule has 0 heterocycles. The van der Waals surface area contributed by atoms with Crippen LogP contribution < -0.4 is 16.8 Å². The maximum Gasteiger partial charge on any atom is 0.241 e. The summed E-state index contributed by atoms with van der Waals surface area (Å²) in [5.41, 5.74) is 12.4. The normalized spacial score (nSPS) is 11.6. The second-order valence-electron chi connectivity index (χ2n) is 4.54. The smallest absolute Gasteiger partial charge is 0.241 e. The predicted molar refractivity (Wildman–Crippen MR) is 78.2 cm³/mol. The van der Waals surface area contributed by atoms with Crippen molar-refractivity contribution in [3.05, 3.63) is 29.8 Å². The van der Waals surface area contributed by atoms with E-state index in [2.05, 4.69) is 19.2 Å². The van der Waals surface area contributed by atoms with Crippen molar-refractivity contribution in [2.75, 3.05) is 5.32 Å². The molecule has 5 nitrogen and oxygen atoms in total. The first-order chi connectivity index (χ1) is 8.40. The minimum absolute atomic E-state index is 0. The Morgan fingerprint density at radius 2 is 1.74 bits per heavy atom. The van der Waals surface area contributed by atoms with Gasteiger partial charge in [-0.05, 0) is 23.6 Å². The third-order valence-electron chi connectivity index (χ3n) is 2.60. The average Bonchev–Trinajstić information content (AvgIpc) is 2.28. The van der Waals surface area contributed by atoms with Gasteiger partial charge in [-0.1, -0.05) is 26.0 Å². The zero-order chi connectivity index (χ0) is 13.7. The highest BCUT2D eigenvalue weighted by atomic mass is 35.5. The number of primary amides is 1. The van der Waals surface area contributed by atoms with Crippen molar-refractivity contribution >= 4 is 29.9 Å². The van der Waals surface area contributed by atoms with E-state index in [1.54, 1.807) is 0 Å². The zero-order valence-corrected chi connectivity index (χ0v) is 11.9. The van der Waals surface area contributed by atoms with Gasteiger partial charge in [0.05, 0.1) is 12.5 Å². The summed E-state index contributed by atoms with van der Waals surface area (Å²) in [6, 6.07) is 6.60. The molecule has 0 aliphatic carbocycles. The molecule has 0 aromatic heterocycles. The van der Waals surface area contributed by atoms with E-state index in [0.717, 1.165) is 0 Å². The van der Waals surface area contributed by atoms with Crippen molar-refractivity contribution in [1.82, 2.24) is 0 Å². The largest absolute Gasteiger partial charge is 0.370 e. The molecule has 19 heavy (non-hydrogen) atoms. The summed E-state index contributed by atoms with van der Waals surface area (Å²) in [4.78, 5) is 22.3. The molecule has 1 unspecified atom stereocenters. The molecule has 0 saturated carbocycles. The quantitative estimate of drug-likeness (QED) is 0.762. The minimum atomic E-state index is -0.910. The molecule has 5 N–H and O–H groups in total. The number of benzene rings is 1. The number of rotatable bonds is 5. The van der Waals surface area contributed by atoms with Gasteiger partial charge < -0.3 is 16.8 Å². The topological polar surface area (TPSA) is 98.2 Å². The summed E-state index contributed by atoms with van der Waals surface area (Å²) in [5, 5.41) is 2.64. The molecule has 0 saturated heterocycles. The lowest BCUT2D eigenvalue weighted by molar-refractivity contribution is -0.123. The van der Waals surface area contributed by atoms with E-state index >= 15 is 0 Å². The van der Waals surface area contributed by atoms with Crippen molar-refractivity contribution in [2.24, 2.45) is 11.5 Å². The molecule has 0 radical (unpaired) electrons. The van der Waals surface area contributed by atoms with Gasteiger partial charge in [0, 0.05) is 5.69 Å². The lowest BCUT2D eigenvalue weighted by atomic mass is 10.0. The number of nitrogens with one attached hydrogen (secondary N) is 1. The predicted octanol–water partition coefficient (Wildman–Crippen LogP) is 1.37. The Hall–Kier alpha value is -1.59. The van der Waals surface area contributed by atoms with Crippen molar-refractivity contribution in [1.29, 1.82) is 0 Å². The molecule has 1 aromatic rings. The molecule has 1 atom stereocenters. The Morgan fingerprint density at radius 3 is 2.16 bits per heavy atom. The number of nitrogens with two attached hydrogens (primary N) is 2. The average molecular weight is 286 g/mol. The number of carbonyl (C=O) groups excluding carboxylic acids is 2. The summed E-state index contributed by atoms with van der Waals surface area (Å²) >= 11 is 0. The highest BCUT2D eigenvalue weighted by Gasteiger charge is 2.15. The Kier molecular flexibility index (Phi) is 7.11. The molecular weight excluding hydrogens is 266 g/mol. The standard InChI is InChI=1S/C13H19N3O2.ClH/c1-8(2)9-3-5-10(6-4-9)16-13(18)11(14)7-12(15)17;/h3-6,8,11H,7,14H2,1-2H3,(H2,15,17)(H,16,18);1H. The van der Waals surface area contributed by atoms with Gasteiger partial charge in [0.1, 0.15) is 0 Å². The van der Waals surface area contributed by atoms with Crippen LogP contribution in [0.15, 0.2) is 24.3 Å². The van der Waals surface area contributed by atoms with Crippen molar-refractivity contribution in [3.63, 3.8) is 0 Å². The zero-order valence-electron chi connectivity index (χ0n) is 11.1. The third-order valence-corrected chi connectivity index (χ3v) is 2.60. The fourth-order valence-electron chi connectivity index (χ4n) is 1.50. The second-order valence-corrected chi connectivity index (χ2v) is 4.54. The van der Waals surface area contributed by atoms with Crippen LogP contribution in [0.25, 0.3) is 0 Å². The van der Waals surface area contributed by atoms with Crippen molar-refractivity contribution in [2.45, 2.75) is 32.2 Å². The molecule has 6 heteroatoms. The van der Waals surface area contributed by atoms with E-state index in [1.165, 1.54) is 5.56 Å². The van der Waals surface area contributed by atoms with Crippen LogP contribution in [0, 0.1) is 0 Å². The van der Waals surface area contributed by atoms with Gasteiger partial charge in [0.15, 0.2) is 0 Å². The maximum atomic E-state index is 11.6. The van der Waals surface area contributed by atoms with Crippen molar-refractivity contribution < 1.29 is 9.59 Å². The Morgan fingerprint density at radius 1 is 1.21 bits per heavy atom. The van der Waals surface area contributed by atoms with E-state index in [0.29, 0.717) is 11.6 Å². The number of hydrogen-bond donors (Lipinski definition) is 3. The Labute approximate surface area is 119 Å². The van der Waals surface area contributed by atoms with Gasteiger partial charge in [-0.25, -0.2) is 0 Å². The van der Waals surface area contributed by atoms with Crippen LogP contribution in [0.5, 0.6) is 0 Å². The van der Waals surface area contributed by atoms with Crippen LogP contribution in [0.1, 0.15) is 31.7 Å². The maximum absolute atomic E-state index is 11.6. The fourth-order valence-corrected chi connectivity index (χ4v) is 1.50. The van der Waals surface area contributed by atoms with Crippen LogP contribution in [-0.4, -0.2) is 17.9 Å². The monoisotopic (exact) mass is 285 g/mol. The number of anilines is 1. The Balaban J connectivity index is 0.00000324. The van der Waals surface area contributed by atoms with Crippen LogP contribution in [0.2, 0.25) is 0 Å². The van der Waals surface area contributed by atoms with Crippen LogP contribution in [0.3, 0.4) is 0 Å². The first kappa shape index (κ1) is 17.4. The van der Waals surface area contributed by atoms with Gasteiger partial charge in [-0.3, -0.25) is 9.59 Å². The van der Waals surface area contributed by atoms with Gasteiger partial charge >= 0.3 is 0 Å². The summed E-state index contributed by atoms with van der Waals surface area (Å²) in [7, 11) is 0. The van der Waals surface area contributed by atoms with Crippen LogP contribution in [-0.2, 0) is 9.59 Å². The van der Waals surface area contributed by atoms with E-state index in [1.807, 2.05) is 24.3 Å². The molecule has 0 fully saturated rings. The first-order valence-electron chi connectivity index (χ1n) is 5.85. The molecule has 0 aliphatic heterocycles. The second kappa shape index (κ2) is 7.76. The molecule has 0 bridgehead atoms. The van der Waals surface area contributed by atoms with Gasteiger partial charge in [0.25, 0.3) is 0 Å². The summed E-state index contributed by atoms with van der Waals surface area (Å²) in [6.07, 6.45) is -0.157. The van der Waals surface area contributed by atoms with Gasteiger partial charge in [0.2, 0.25) is 11.8 Å². The SMILES string of the molecule is CC(C)c1ccc(NC(=O)C(N)CC(N)=O)cc1.Cl.